The predicted octanol–water partition coefficient (Wildman–Crippen LogP) is 3.86. The molecule has 0 aromatic heterocycles. The molecule has 2 amide bonds. The fourth-order valence-corrected chi connectivity index (χ4v) is 5.75. The smallest absolute Gasteiger partial charge is 0.301 e. The van der Waals surface area contributed by atoms with E-state index in [9.17, 15) is 9.18 Å². The van der Waals surface area contributed by atoms with Gasteiger partial charge >= 0.3 is 6.03 Å². The normalized spacial score (nSPS) is 31.3. The number of nitrogens with zero attached hydrogens (tertiary/aromatic N) is 2. The SMILES string of the molecule is C[N+]1(C(=O)NC2CCN3CCC[C@H]23)CCc2ccccc2[C@@H]1c1ccc(F)cc1. The van der Waals surface area contributed by atoms with Crippen LogP contribution >= 0.6 is 0 Å². The van der Waals surface area contributed by atoms with Gasteiger partial charge in [-0.05, 0) is 55.6 Å². The Morgan fingerprint density at radius 1 is 1.10 bits per heavy atom. The average molecular weight is 395 g/mol. The highest BCUT2D eigenvalue weighted by Gasteiger charge is 2.48. The minimum absolute atomic E-state index is 0.0904. The number of benzene rings is 2. The Bertz CT molecular complexity index is 915. The molecule has 0 bridgehead atoms. The van der Waals surface area contributed by atoms with Crippen LogP contribution in [0.1, 0.15) is 42.0 Å². The van der Waals surface area contributed by atoms with E-state index in [0.717, 1.165) is 38.0 Å². The first-order valence-electron chi connectivity index (χ1n) is 10.8. The van der Waals surface area contributed by atoms with Crippen LogP contribution in [0.5, 0.6) is 0 Å². The van der Waals surface area contributed by atoms with Crippen LogP contribution in [-0.2, 0) is 6.42 Å². The number of fused-ring (bicyclic) bond motifs is 2. The Hall–Kier alpha value is -2.24. The number of urea groups is 1. The average Bonchev–Trinajstić information content (AvgIpc) is 3.34. The summed E-state index contributed by atoms with van der Waals surface area (Å²) in [6, 6.07) is 15.7. The van der Waals surface area contributed by atoms with Crippen LogP contribution in [0.2, 0.25) is 0 Å². The fourth-order valence-electron chi connectivity index (χ4n) is 5.75. The first-order valence-corrected chi connectivity index (χ1v) is 10.8. The molecule has 2 aromatic rings. The monoisotopic (exact) mass is 394 g/mol. The van der Waals surface area contributed by atoms with Crippen molar-refractivity contribution in [3.8, 4) is 0 Å². The molecule has 5 heteroatoms. The number of halogens is 1. The third kappa shape index (κ3) is 3.17. The molecule has 3 aliphatic rings. The molecule has 3 aliphatic heterocycles. The van der Waals surface area contributed by atoms with Gasteiger partial charge in [-0.25, -0.2) is 13.7 Å². The predicted molar refractivity (Wildman–Crippen MR) is 111 cm³/mol. The maximum atomic E-state index is 13.7. The van der Waals surface area contributed by atoms with Crippen molar-refractivity contribution in [1.29, 1.82) is 0 Å². The summed E-state index contributed by atoms with van der Waals surface area (Å²) in [4.78, 5) is 16.2. The topological polar surface area (TPSA) is 32.3 Å². The highest BCUT2D eigenvalue weighted by molar-refractivity contribution is 5.68. The van der Waals surface area contributed by atoms with E-state index < -0.39 is 0 Å². The van der Waals surface area contributed by atoms with E-state index in [2.05, 4.69) is 28.4 Å². The molecule has 4 nitrogen and oxygen atoms in total. The number of hydrogen-bond donors (Lipinski definition) is 1. The van der Waals surface area contributed by atoms with Crippen LogP contribution < -0.4 is 5.32 Å². The van der Waals surface area contributed by atoms with Crippen molar-refractivity contribution in [2.75, 3.05) is 26.7 Å². The number of carbonyl (C=O) groups excluding carboxylic acids is 1. The Balaban J connectivity index is 1.49. The molecule has 152 valence electrons. The molecule has 2 aromatic carbocycles. The second-order valence-corrected chi connectivity index (χ2v) is 8.98. The van der Waals surface area contributed by atoms with Crippen molar-refractivity contribution in [1.82, 2.24) is 10.2 Å². The number of quaternary nitrogens is 1. The lowest BCUT2D eigenvalue weighted by molar-refractivity contribution is -0.858. The molecule has 0 saturated carbocycles. The number of likely N-dealkylation sites (N-methyl/N-ethyl adjacent to an activating group) is 1. The Kier molecular flexibility index (Phi) is 4.67. The summed E-state index contributed by atoms with van der Waals surface area (Å²) in [6.45, 7) is 2.99. The van der Waals surface area contributed by atoms with Crippen molar-refractivity contribution in [2.24, 2.45) is 0 Å². The number of rotatable bonds is 2. The molecular weight excluding hydrogens is 365 g/mol. The van der Waals surface area contributed by atoms with Crippen LogP contribution in [0, 0.1) is 5.82 Å². The van der Waals surface area contributed by atoms with Crippen molar-refractivity contribution >= 4 is 6.03 Å². The zero-order valence-electron chi connectivity index (χ0n) is 17.0. The number of carbonyl (C=O) groups is 1. The molecule has 1 N–H and O–H groups in total. The van der Waals surface area contributed by atoms with Gasteiger partial charge in [-0.15, -0.1) is 0 Å². The van der Waals surface area contributed by atoms with E-state index >= 15 is 0 Å². The van der Waals surface area contributed by atoms with Gasteiger partial charge in [-0.1, -0.05) is 24.3 Å². The Labute approximate surface area is 171 Å². The highest BCUT2D eigenvalue weighted by atomic mass is 19.1. The summed E-state index contributed by atoms with van der Waals surface area (Å²) in [5.74, 6) is -0.247. The summed E-state index contributed by atoms with van der Waals surface area (Å²) in [7, 11) is 2.04. The van der Waals surface area contributed by atoms with E-state index in [1.54, 1.807) is 0 Å². The maximum Gasteiger partial charge on any atom is 0.417 e. The Morgan fingerprint density at radius 3 is 2.72 bits per heavy atom. The molecule has 4 atom stereocenters. The second kappa shape index (κ2) is 7.22. The van der Waals surface area contributed by atoms with Gasteiger partial charge in [0.1, 0.15) is 11.9 Å². The Morgan fingerprint density at radius 2 is 1.90 bits per heavy atom. The van der Waals surface area contributed by atoms with Crippen LogP contribution in [-0.4, -0.2) is 54.2 Å². The van der Waals surface area contributed by atoms with E-state index in [1.165, 1.54) is 36.1 Å². The van der Waals surface area contributed by atoms with Crippen molar-refractivity contribution in [3.05, 3.63) is 71.0 Å². The lowest BCUT2D eigenvalue weighted by Crippen LogP contribution is -2.61. The van der Waals surface area contributed by atoms with Gasteiger partial charge in [0.05, 0.1) is 19.6 Å². The molecule has 2 saturated heterocycles. The van der Waals surface area contributed by atoms with Gasteiger partial charge < -0.3 is 5.32 Å². The zero-order chi connectivity index (χ0) is 20.0. The number of nitrogens with one attached hydrogen (secondary N) is 1. The summed E-state index contributed by atoms with van der Waals surface area (Å²) in [5.41, 5.74) is 3.45. The minimum atomic E-state index is -0.247. The standard InChI is InChI=1S/C24H28FN3O/c1-28(24(29)26-21-12-15-27-14-4-7-22(21)27)16-13-17-5-2-3-6-20(17)23(28)18-8-10-19(25)11-9-18/h2-3,5-6,8-11,21-23H,4,7,12-16H2,1H3/p+1/t21?,22-,23+,28?/m1/s1. The molecule has 29 heavy (non-hydrogen) atoms. The van der Waals surface area contributed by atoms with Crippen molar-refractivity contribution < 1.29 is 13.7 Å². The van der Waals surface area contributed by atoms with Crippen LogP contribution in [0.15, 0.2) is 48.5 Å². The van der Waals surface area contributed by atoms with Gasteiger partial charge in [0.25, 0.3) is 0 Å². The highest BCUT2D eigenvalue weighted by Crippen LogP contribution is 2.40. The molecule has 0 radical (unpaired) electrons. The van der Waals surface area contributed by atoms with E-state index in [1.807, 2.05) is 25.2 Å². The van der Waals surface area contributed by atoms with Crippen LogP contribution in [0.3, 0.4) is 0 Å². The minimum Gasteiger partial charge on any atom is -0.301 e. The summed E-state index contributed by atoms with van der Waals surface area (Å²) < 4.78 is 13.9. The van der Waals surface area contributed by atoms with E-state index in [-0.39, 0.29) is 28.4 Å². The van der Waals surface area contributed by atoms with Crippen molar-refractivity contribution in [3.63, 3.8) is 0 Å². The largest absolute Gasteiger partial charge is 0.417 e. The molecule has 5 rings (SSSR count). The number of hydrogen-bond acceptors (Lipinski definition) is 2. The third-order valence-corrected chi connectivity index (χ3v) is 7.33. The van der Waals surface area contributed by atoms with Gasteiger partial charge in [-0.3, -0.25) is 4.90 Å². The molecule has 2 fully saturated rings. The molecule has 0 spiro atoms. The summed E-state index contributed by atoms with van der Waals surface area (Å²) in [6.07, 6.45) is 4.32. The summed E-state index contributed by atoms with van der Waals surface area (Å²) in [5, 5.41) is 3.42. The van der Waals surface area contributed by atoms with Gasteiger partial charge in [-0.2, -0.15) is 0 Å². The lowest BCUT2D eigenvalue weighted by Gasteiger charge is -2.43. The molecule has 2 unspecified atom stereocenters. The van der Waals surface area contributed by atoms with Crippen LogP contribution in [0.4, 0.5) is 9.18 Å². The van der Waals surface area contributed by atoms with Gasteiger partial charge in [0.15, 0.2) is 0 Å². The van der Waals surface area contributed by atoms with Crippen molar-refractivity contribution in [2.45, 2.75) is 43.8 Å². The van der Waals surface area contributed by atoms with E-state index in [0.29, 0.717) is 6.04 Å². The van der Waals surface area contributed by atoms with Crippen LogP contribution in [0.25, 0.3) is 0 Å². The second-order valence-electron chi connectivity index (χ2n) is 8.98. The van der Waals surface area contributed by atoms with Gasteiger partial charge in [0.2, 0.25) is 0 Å². The maximum absolute atomic E-state index is 13.7. The lowest BCUT2D eigenvalue weighted by atomic mass is 9.86. The molecule has 3 heterocycles. The molecular formula is C24H29FN3O+. The fraction of sp³-hybridized carbons (Fsp3) is 0.458. The first kappa shape index (κ1) is 18.8. The van der Waals surface area contributed by atoms with Gasteiger partial charge in [0, 0.05) is 30.1 Å². The summed E-state index contributed by atoms with van der Waals surface area (Å²) >= 11 is 0. The first-order chi connectivity index (χ1) is 14.1. The third-order valence-electron chi connectivity index (χ3n) is 7.33. The quantitative estimate of drug-likeness (QED) is 0.785. The molecule has 0 aliphatic carbocycles. The van der Waals surface area contributed by atoms with E-state index in [4.69, 9.17) is 0 Å². The zero-order valence-corrected chi connectivity index (χ0v) is 17.0. The number of amides is 2.